The van der Waals surface area contributed by atoms with Crippen molar-refractivity contribution in [2.45, 2.75) is 19.3 Å². The number of pyridine rings is 1. The van der Waals surface area contributed by atoms with Crippen molar-refractivity contribution < 1.29 is 9.53 Å². The van der Waals surface area contributed by atoms with Crippen molar-refractivity contribution in [1.29, 1.82) is 0 Å². The van der Waals surface area contributed by atoms with Gasteiger partial charge in [-0.2, -0.15) is 0 Å². The molecule has 0 saturated heterocycles. The van der Waals surface area contributed by atoms with Gasteiger partial charge < -0.3 is 10.1 Å². The van der Waals surface area contributed by atoms with Crippen molar-refractivity contribution in [3.05, 3.63) is 52.8 Å². The first-order valence-electron chi connectivity index (χ1n) is 6.86. The van der Waals surface area contributed by atoms with Crippen LogP contribution in [0, 0.1) is 0 Å². The van der Waals surface area contributed by atoms with Crippen LogP contribution in [0.15, 0.2) is 36.7 Å². The quantitative estimate of drug-likeness (QED) is 0.943. The molecule has 1 aromatic heterocycles. The second-order valence-corrected chi connectivity index (χ2v) is 5.38. The molecule has 1 N–H and O–H groups in total. The standard InChI is InChI=1S/C16H15ClN2O2/c17-13-9-12-5-8-21-16(12)14(10-13)19-15(20)2-1-11-3-6-18-7-4-11/h3-4,6-7,9-10H,1-2,5,8H2,(H,19,20). The van der Waals surface area contributed by atoms with Gasteiger partial charge in [-0.25, -0.2) is 0 Å². The average molecular weight is 303 g/mol. The number of rotatable bonds is 4. The number of carbonyl (C=O) groups is 1. The van der Waals surface area contributed by atoms with E-state index < -0.39 is 0 Å². The zero-order chi connectivity index (χ0) is 14.7. The highest BCUT2D eigenvalue weighted by molar-refractivity contribution is 6.31. The Labute approximate surface area is 128 Å². The van der Waals surface area contributed by atoms with E-state index in [-0.39, 0.29) is 5.91 Å². The Morgan fingerprint density at radius 1 is 1.33 bits per heavy atom. The number of halogens is 1. The highest BCUT2D eigenvalue weighted by Crippen LogP contribution is 2.36. The van der Waals surface area contributed by atoms with E-state index in [0.717, 1.165) is 23.3 Å². The first-order chi connectivity index (χ1) is 10.2. The van der Waals surface area contributed by atoms with Crippen LogP contribution < -0.4 is 10.1 Å². The zero-order valence-corrected chi connectivity index (χ0v) is 12.2. The molecule has 0 unspecified atom stereocenters. The molecule has 0 aliphatic carbocycles. The topological polar surface area (TPSA) is 51.2 Å². The molecule has 21 heavy (non-hydrogen) atoms. The smallest absolute Gasteiger partial charge is 0.224 e. The van der Waals surface area contributed by atoms with Crippen LogP contribution in [-0.2, 0) is 17.6 Å². The van der Waals surface area contributed by atoms with E-state index in [2.05, 4.69) is 10.3 Å². The summed E-state index contributed by atoms with van der Waals surface area (Å²) in [6.07, 6.45) is 5.37. The van der Waals surface area contributed by atoms with Crippen molar-refractivity contribution in [2.24, 2.45) is 0 Å². The molecule has 0 spiro atoms. The van der Waals surface area contributed by atoms with Gasteiger partial charge in [0.25, 0.3) is 0 Å². The third-order valence-corrected chi connectivity index (χ3v) is 3.63. The Bertz CT molecular complexity index is 659. The van der Waals surface area contributed by atoms with Gasteiger partial charge in [-0.3, -0.25) is 9.78 Å². The van der Waals surface area contributed by atoms with Crippen LogP contribution in [0.2, 0.25) is 5.02 Å². The molecule has 1 aliphatic rings. The predicted molar refractivity (Wildman–Crippen MR) is 81.8 cm³/mol. The summed E-state index contributed by atoms with van der Waals surface area (Å²) in [5.41, 5.74) is 2.80. The maximum atomic E-state index is 12.1. The number of aryl methyl sites for hydroxylation is 1. The number of aromatic nitrogens is 1. The molecule has 0 radical (unpaired) electrons. The van der Waals surface area contributed by atoms with Crippen LogP contribution in [0.3, 0.4) is 0 Å². The first-order valence-corrected chi connectivity index (χ1v) is 7.24. The molecule has 108 valence electrons. The summed E-state index contributed by atoms with van der Waals surface area (Å²) < 4.78 is 5.57. The van der Waals surface area contributed by atoms with Crippen LogP contribution in [0.1, 0.15) is 17.5 Å². The lowest BCUT2D eigenvalue weighted by molar-refractivity contribution is -0.116. The van der Waals surface area contributed by atoms with E-state index in [1.165, 1.54) is 0 Å². The number of nitrogens with one attached hydrogen (secondary N) is 1. The zero-order valence-electron chi connectivity index (χ0n) is 11.4. The molecule has 2 heterocycles. The summed E-state index contributed by atoms with van der Waals surface area (Å²) in [5.74, 6) is 0.698. The normalized spacial score (nSPS) is 12.6. The van der Waals surface area contributed by atoms with Gasteiger partial charge in [0.2, 0.25) is 5.91 Å². The van der Waals surface area contributed by atoms with Crippen LogP contribution >= 0.6 is 11.6 Å². The Morgan fingerprint density at radius 2 is 2.14 bits per heavy atom. The molecular weight excluding hydrogens is 288 g/mol. The number of ether oxygens (including phenoxy) is 1. The summed E-state index contributed by atoms with van der Waals surface area (Å²) in [6, 6.07) is 7.44. The third-order valence-electron chi connectivity index (χ3n) is 3.41. The molecule has 0 bridgehead atoms. The summed E-state index contributed by atoms with van der Waals surface area (Å²) in [7, 11) is 0. The van der Waals surface area contributed by atoms with Crippen LogP contribution in [0.25, 0.3) is 0 Å². The molecule has 0 saturated carbocycles. The highest BCUT2D eigenvalue weighted by Gasteiger charge is 2.18. The Morgan fingerprint density at radius 3 is 2.95 bits per heavy atom. The van der Waals surface area contributed by atoms with E-state index in [9.17, 15) is 4.79 Å². The Balaban J connectivity index is 1.65. The van der Waals surface area contributed by atoms with Crippen molar-refractivity contribution in [2.75, 3.05) is 11.9 Å². The molecule has 2 aromatic rings. The fourth-order valence-corrected chi connectivity index (χ4v) is 2.62. The van der Waals surface area contributed by atoms with E-state index in [4.69, 9.17) is 16.3 Å². The number of hydrogen-bond acceptors (Lipinski definition) is 3. The van der Waals surface area contributed by atoms with Gasteiger partial charge >= 0.3 is 0 Å². The summed E-state index contributed by atoms with van der Waals surface area (Å²) >= 11 is 6.07. The number of nitrogens with zero attached hydrogens (tertiary/aromatic N) is 1. The van der Waals surface area contributed by atoms with E-state index >= 15 is 0 Å². The summed E-state index contributed by atoms with van der Waals surface area (Å²) in [4.78, 5) is 16.0. The number of benzene rings is 1. The van der Waals surface area contributed by atoms with E-state index in [1.807, 2.05) is 18.2 Å². The van der Waals surface area contributed by atoms with Gasteiger partial charge in [-0.15, -0.1) is 0 Å². The SMILES string of the molecule is O=C(CCc1ccncc1)Nc1cc(Cl)cc2c1OCC2. The lowest BCUT2D eigenvalue weighted by Crippen LogP contribution is -2.13. The number of hydrogen-bond donors (Lipinski definition) is 1. The second-order valence-electron chi connectivity index (χ2n) is 4.94. The number of amides is 1. The fourth-order valence-electron chi connectivity index (χ4n) is 2.38. The van der Waals surface area contributed by atoms with Crippen molar-refractivity contribution in [1.82, 2.24) is 4.98 Å². The predicted octanol–water partition coefficient (Wildman–Crippen LogP) is 3.24. The highest BCUT2D eigenvalue weighted by atomic mass is 35.5. The molecule has 3 rings (SSSR count). The minimum Gasteiger partial charge on any atom is -0.491 e. The van der Waals surface area contributed by atoms with Crippen LogP contribution in [0.5, 0.6) is 5.75 Å². The molecule has 1 aliphatic heterocycles. The van der Waals surface area contributed by atoms with Crippen molar-refractivity contribution in [3.8, 4) is 5.75 Å². The van der Waals surface area contributed by atoms with Gasteiger partial charge in [-0.1, -0.05) is 11.6 Å². The molecule has 0 fully saturated rings. The second kappa shape index (κ2) is 6.14. The van der Waals surface area contributed by atoms with Gasteiger partial charge in [0.1, 0.15) is 5.75 Å². The van der Waals surface area contributed by atoms with Gasteiger partial charge in [0, 0.05) is 35.8 Å². The maximum Gasteiger partial charge on any atom is 0.224 e. The monoisotopic (exact) mass is 302 g/mol. The van der Waals surface area contributed by atoms with Crippen molar-refractivity contribution >= 4 is 23.2 Å². The number of carbonyl (C=O) groups excluding carboxylic acids is 1. The van der Waals surface area contributed by atoms with Gasteiger partial charge in [-0.05, 0) is 36.2 Å². The lowest BCUT2D eigenvalue weighted by atomic mass is 10.1. The summed E-state index contributed by atoms with van der Waals surface area (Å²) in [5, 5.41) is 3.50. The average Bonchev–Trinajstić information content (AvgIpc) is 2.94. The third kappa shape index (κ3) is 3.34. The molecular formula is C16H15ClN2O2. The minimum atomic E-state index is -0.0493. The van der Waals surface area contributed by atoms with Crippen molar-refractivity contribution in [3.63, 3.8) is 0 Å². The van der Waals surface area contributed by atoms with E-state index in [0.29, 0.717) is 30.2 Å². The molecule has 1 amide bonds. The van der Waals surface area contributed by atoms with Crippen LogP contribution in [-0.4, -0.2) is 17.5 Å². The van der Waals surface area contributed by atoms with Gasteiger partial charge in [0.15, 0.2) is 0 Å². The Hall–Kier alpha value is -2.07. The fraction of sp³-hybridized carbons (Fsp3) is 0.250. The molecule has 0 atom stereocenters. The van der Waals surface area contributed by atoms with Crippen LogP contribution in [0.4, 0.5) is 5.69 Å². The van der Waals surface area contributed by atoms with Gasteiger partial charge in [0.05, 0.1) is 12.3 Å². The Kier molecular flexibility index (Phi) is 4.06. The number of anilines is 1. The lowest BCUT2D eigenvalue weighted by Gasteiger charge is -2.10. The van der Waals surface area contributed by atoms with E-state index in [1.54, 1.807) is 18.5 Å². The largest absolute Gasteiger partial charge is 0.491 e. The first kappa shape index (κ1) is 13.9. The number of fused-ring (bicyclic) bond motifs is 1. The molecule has 4 nitrogen and oxygen atoms in total. The minimum absolute atomic E-state index is 0.0493. The molecule has 5 heteroatoms. The molecule has 1 aromatic carbocycles. The maximum absolute atomic E-state index is 12.1. The summed E-state index contributed by atoms with van der Waals surface area (Å²) in [6.45, 7) is 0.634.